The number of rotatable bonds is 10. The highest BCUT2D eigenvalue weighted by molar-refractivity contribution is 6.30. The Morgan fingerprint density at radius 2 is 1.88 bits per heavy atom. The highest BCUT2D eigenvalue weighted by atomic mass is 35.5. The predicted octanol–water partition coefficient (Wildman–Crippen LogP) is 3.09. The quantitative estimate of drug-likeness (QED) is 0.516. The number of ether oxygens (including phenoxy) is 2. The smallest absolute Gasteiger partial charge is 0.317 e. The first kappa shape index (κ1) is 20.1. The van der Waals surface area contributed by atoms with Crippen molar-refractivity contribution in [1.29, 1.82) is 0 Å². The Morgan fingerprint density at radius 3 is 2.54 bits per heavy atom. The standard InChI is InChI=1S/C17H25ClN2O4/c1-20(17(22)19-11-4-3-6-16(21)23-2)12-5-13-24-15-9-7-14(18)8-10-15/h7-10H,3-6,11-13H2,1-2H3,(H,19,22). The molecule has 0 saturated heterocycles. The van der Waals surface area contributed by atoms with Gasteiger partial charge in [-0.15, -0.1) is 0 Å². The van der Waals surface area contributed by atoms with Gasteiger partial charge in [0.25, 0.3) is 0 Å². The van der Waals surface area contributed by atoms with E-state index in [2.05, 4.69) is 10.1 Å². The molecule has 1 rings (SSSR count). The predicted molar refractivity (Wildman–Crippen MR) is 93.5 cm³/mol. The van der Waals surface area contributed by atoms with E-state index in [1.54, 1.807) is 24.1 Å². The van der Waals surface area contributed by atoms with Gasteiger partial charge in [0.2, 0.25) is 0 Å². The van der Waals surface area contributed by atoms with Crippen molar-refractivity contribution >= 4 is 23.6 Å². The number of unbranched alkanes of at least 4 members (excludes halogenated alkanes) is 1. The highest BCUT2D eigenvalue weighted by Gasteiger charge is 2.07. The van der Waals surface area contributed by atoms with Crippen LogP contribution in [0.5, 0.6) is 5.75 Å². The first-order valence-electron chi connectivity index (χ1n) is 7.97. The Bertz CT molecular complexity index is 508. The summed E-state index contributed by atoms with van der Waals surface area (Å²) in [6.45, 7) is 1.67. The maximum Gasteiger partial charge on any atom is 0.317 e. The van der Waals surface area contributed by atoms with Crippen molar-refractivity contribution < 1.29 is 19.1 Å². The molecule has 1 aromatic rings. The number of carbonyl (C=O) groups is 2. The van der Waals surface area contributed by atoms with E-state index in [0.717, 1.165) is 18.6 Å². The Balaban J connectivity index is 2.07. The fourth-order valence-corrected chi connectivity index (χ4v) is 2.08. The van der Waals surface area contributed by atoms with Crippen LogP contribution in [0.4, 0.5) is 4.79 Å². The molecule has 0 aliphatic rings. The van der Waals surface area contributed by atoms with E-state index in [1.165, 1.54) is 7.11 Å². The molecule has 0 aliphatic carbocycles. The number of carbonyl (C=O) groups excluding carboxylic acids is 2. The lowest BCUT2D eigenvalue weighted by molar-refractivity contribution is -0.140. The third kappa shape index (κ3) is 8.62. The van der Waals surface area contributed by atoms with Gasteiger partial charge in [0.15, 0.2) is 0 Å². The fourth-order valence-electron chi connectivity index (χ4n) is 1.95. The van der Waals surface area contributed by atoms with Crippen LogP contribution in [0.1, 0.15) is 25.7 Å². The molecule has 0 heterocycles. The van der Waals surface area contributed by atoms with E-state index in [0.29, 0.717) is 37.6 Å². The Morgan fingerprint density at radius 1 is 1.17 bits per heavy atom. The molecule has 0 bridgehead atoms. The van der Waals surface area contributed by atoms with Crippen molar-refractivity contribution in [3.05, 3.63) is 29.3 Å². The van der Waals surface area contributed by atoms with Crippen molar-refractivity contribution in [2.24, 2.45) is 0 Å². The number of methoxy groups -OCH3 is 1. The number of hydrogen-bond donors (Lipinski definition) is 1. The van der Waals surface area contributed by atoms with Crippen molar-refractivity contribution in [1.82, 2.24) is 10.2 Å². The SMILES string of the molecule is COC(=O)CCCCNC(=O)N(C)CCCOc1ccc(Cl)cc1. The molecule has 0 spiro atoms. The van der Waals surface area contributed by atoms with Crippen molar-refractivity contribution in [3.63, 3.8) is 0 Å². The molecule has 6 nitrogen and oxygen atoms in total. The fraction of sp³-hybridized carbons (Fsp3) is 0.529. The van der Waals surface area contributed by atoms with Crippen LogP contribution in [0.25, 0.3) is 0 Å². The summed E-state index contributed by atoms with van der Waals surface area (Å²) in [7, 11) is 3.11. The Labute approximate surface area is 148 Å². The lowest BCUT2D eigenvalue weighted by Gasteiger charge is -2.18. The summed E-state index contributed by atoms with van der Waals surface area (Å²) in [4.78, 5) is 24.4. The van der Waals surface area contributed by atoms with E-state index >= 15 is 0 Å². The lowest BCUT2D eigenvalue weighted by Crippen LogP contribution is -2.38. The van der Waals surface area contributed by atoms with Gasteiger partial charge in [0.1, 0.15) is 5.75 Å². The molecular weight excluding hydrogens is 332 g/mol. The van der Waals surface area contributed by atoms with Crippen LogP contribution in [0.2, 0.25) is 5.02 Å². The Kier molecular flexibility index (Phi) is 9.68. The second kappa shape index (κ2) is 11.6. The second-order valence-corrected chi connectivity index (χ2v) is 5.78. The molecule has 0 fully saturated rings. The molecule has 0 aliphatic heterocycles. The Hall–Kier alpha value is -1.95. The number of urea groups is 1. The minimum atomic E-state index is -0.223. The molecule has 1 N–H and O–H groups in total. The van der Waals surface area contributed by atoms with Gasteiger partial charge in [-0.2, -0.15) is 0 Å². The molecule has 0 atom stereocenters. The van der Waals surface area contributed by atoms with Crippen molar-refractivity contribution in [3.8, 4) is 5.75 Å². The van der Waals surface area contributed by atoms with E-state index < -0.39 is 0 Å². The average molecular weight is 357 g/mol. The zero-order valence-electron chi connectivity index (χ0n) is 14.2. The summed E-state index contributed by atoms with van der Waals surface area (Å²) in [6, 6.07) is 7.05. The van der Waals surface area contributed by atoms with E-state index in [1.807, 2.05) is 12.1 Å². The summed E-state index contributed by atoms with van der Waals surface area (Å²) in [5.41, 5.74) is 0. The van der Waals surface area contributed by atoms with Gasteiger partial charge < -0.3 is 19.7 Å². The number of benzene rings is 1. The summed E-state index contributed by atoms with van der Waals surface area (Å²) in [5, 5.41) is 3.49. The topological polar surface area (TPSA) is 67.9 Å². The minimum absolute atomic E-state index is 0.125. The summed E-state index contributed by atoms with van der Waals surface area (Å²) in [6.07, 6.45) is 2.55. The average Bonchev–Trinajstić information content (AvgIpc) is 2.59. The van der Waals surface area contributed by atoms with E-state index in [4.69, 9.17) is 16.3 Å². The first-order chi connectivity index (χ1) is 11.5. The maximum atomic E-state index is 11.9. The number of amides is 2. The number of hydrogen-bond acceptors (Lipinski definition) is 4. The van der Waals surface area contributed by atoms with Gasteiger partial charge in [-0.05, 0) is 43.5 Å². The van der Waals surface area contributed by atoms with E-state index in [-0.39, 0.29) is 12.0 Å². The van der Waals surface area contributed by atoms with Crippen LogP contribution >= 0.6 is 11.6 Å². The molecule has 0 aromatic heterocycles. The number of nitrogens with one attached hydrogen (secondary N) is 1. The zero-order valence-corrected chi connectivity index (χ0v) is 15.0. The molecular formula is C17H25ClN2O4. The van der Waals surface area contributed by atoms with Crippen LogP contribution in [-0.2, 0) is 9.53 Å². The first-order valence-corrected chi connectivity index (χ1v) is 8.35. The van der Waals surface area contributed by atoms with Crippen LogP contribution in [0.3, 0.4) is 0 Å². The van der Waals surface area contributed by atoms with Crippen molar-refractivity contribution in [2.45, 2.75) is 25.7 Å². The summed E-state index contributed by atoms with van der Waals surface area (Å²) in [5.74, 6) is 0.538. The highest BCUT2D eigenvalue weighted by Crippen LogP contribution is 2.15. The monoisotopic (exact) mass is 356 g/mol. The summed E-state index contributed by atoms with van der Waals surface area (Å²) < 4.78 is 10.1. The van der Waals surface area contributed by atoms with Gasteiger partial charge in [-0.25, -0.2) is 4.79 Å². The molecule has 0 radical (unpaired) electrons. The number of nitrogens with zero attached hydrogens (tertiary/aromatic N) is 1. The molecule has 7 heteroatoms. The van der Waals surface area contributed by atoms with Gasteiger partial charge in [0, 0.05) is 31.6 Å². The lowest BCUT2D eigenvalue weighted by atomic mass is 10.2. The maximum absolute atomic E-state index is 11.9. The van der Waals surface area contributed by atoms with E-state index in [9.17, 15) is 9.59 Å². The third-order valence-electron chi connectivity index (χ3n) is 3.38. The van der Waals surface area contributed by atoms with Crippen LogP contribution in [0.15, 0.2) is 24.3 Å². The molecule has 0 unspecified atom stereocenters. The summed E-state index contributed by atoms with van der Waals surface area (Å²) >= 11 is 5.80. The molecule has 24 heavy (non-hydrogen) atoms. The normalized spacial score (nSPS) is 10.1. The minimum Gasteiger partial charge on any atom is -0.494 e. The van der Waals surface area contributed by atoms with Gasteiger partial charge in [-0.3, -0.25) is 4.79 Å². The second-order valence-electron chi connectivity index (χ2n) is 5.34. The molecule has 2 amide bonds. The largest absolute Gasteiger partial charge is 0.494 e. The molecule has 1 aromatic carbocycles. The number of halogens is 1. The van der Waals surface area contributed by atoms with Gasteiger partial charge in [0.05, 0.1) is 13.7 Å². The van der Waals surface area contributed by atoms with Gasteiger partial charge in [-0.1, -0.05) is 11.6 Å². The van der Waals surface area contributed by atoms with Crippen LogP contribution in [0, 0.1) is 0 Å². The third-order valence-corrected chi connectivity index (χ3v) is 3.63. The van der Waals surface area contributed by atoms with Crippen molar-refractivity contribution in [2.75, 3.05) is 33.9 Å². The zero-order chi connectivity index (χ0) is 17.8. The molecule has 0 saturated carbocycles. The van der Waals surface area contributed by atoms with Gasteiger partial charge >= 0.3 is 12.0 Å². The van der Waals surface area contributed by atoms with Crippen LogP contribution in [-0.4, -0.2) is 50.8 Å². The number of esters is 1. The molecule has 134 valence electrons. The van der Waals surface area contributed by atoms with Crippen LogP contribution < -0.4 is 10.1 Å².